The van der Waals surface area contributed by atoms with E-state index in [-0.39, 0.29) is 5.75 Å². The van der Waals surface area contributed by atoms with Crippen LogP contribution < -0.4 is 0 Å². The van der Waals surface area contributed by atoms with Crippen molar-refractivity contribution in [1.29, 1.82) is 0 Å². The second-order valence-electron chi connectivity index (χ2n) is 6.16. The van der Waals surface area contributed by atoms with Gasteiger partial charge in [0.15, 0.2) is 0 Å². The van der Waals surface area contributed by atoms with Gasteiger partial charge >= 0.3 is 0 Å². The smallest absolute Gasteiger partial charge is 0.137 e. The second-order valence-corrected chi connectivity index (χ2v) is 6.16. The summed E-state index contributed by atoms with van der Waals surface area (Å²) >= 11 is 0. The van der Waals surface area contributed by atoms with Gasteiger partial charge in [-0.25, -0.2) is 4.98 Å². The molecule has 2 aromatic heterocycles. The molecule has 1 N–H and O–H groups in total. The maximum absolute atomic E-state index is 9.49. The van der Waals surface area contributed by atoms with Crippen molar-refractivity contribution in [3.63, 3.8) is 0 Å². The van der Waals surface area contributed by atoms with Crippen LogP contribution >= 0.6 is 0 Å². The summed E-state index contributed by atoms with van der Waals surface area (Å²) in [4.78, 5) is 7.19. The van der Waals surface area contributed by atoms with Crippen LogP contribution in [0.1, 0.15) is 32.4 Å². The Morgan fingerprint density at radius 2 is 2.00 bits per heavy atom. The molecule has 0 unspecified atom stereocenters. The molecule has 1 aliphatic rings. The first-order valence-electron chi connectivity index (χ1n) is 7.52. The van der Waals surface area contributed by atoms with Crippen molar-refractivity contribution in [1.82, 2.24) is 14.3 Å². The molecule has 4 heteroatoms. The predicted molar refractivity (Wildman–Crippen MR) is 80.0 cm³/mol. The molecule has 0 aromatic carbocycles. The number of rotatable bonds is 3. The van der Waals surface area contributed by atoms with Gasteiger partial charge in [0.1, 0.15) is 11.4 Å². The molecule has 0 spiro atoms. The van der Waals surface area contributed by atoms with Crippen molar-refractivity contribution in [3.8, 4) is 5.75 Å². The van der Waals surface area contributed by atoms with Crippen LogP contribution in [0, 0.1) is 5.92 Å². The highest BCUT2D eigenvalue weighted by molar-refractivity contribution is 5.42. The molecule has 108 valence electrons. The van der Waals surface area contributed by atoms with Gasteiger partial charge in [-0.1, -0.05) is 0 Å². The molecule has 1 saturated heterocycles. The number of aromatic nitrogens is 2. The largest absolute Gasteiger partial charge is 0.506 e. The summed E-state index contributed by atoms with van der Waals surface area (Å²) in [6, 6.07) is 4.21. The number of nitrogens with zero attached hydrogens (tertiary/aromatic N) is 3. The number of pyridine rings is 1. The van der Waals surface area contributed by atoms with Crippen molar-refractivity contribution >= 4 is 5.65 Å². The zero-order valence-electron chi connectivity index (χ0n) is 12.3. The number of hydrogen-bond acceptors (Lipinski definition) is 3. The molecule has 4 nitrogen and oxygen atoms in total. The van der Waals surface area contributed by atoms with Crippen LogP contribution in [0.4, 0.5) is 0 Å². The van der Waals surface area contributed by atoms with Gasteiger partial charge in [-0.15, -0.1) is 0 Å². The number of imidazole rings is 1. The molecule has 0 atom stereocenters. The van der Waals surface area contributed by atoms with Crippen LogP contribution in [0.15, 0.2) is 24.5 Å². The van der Waals surface area contributed by atoms with Crippen molar-refractivity contribution in [2.45, 2.75) is 39.2 Å². The Morgan fingerprint density at radius 1 is 1.25 bits per heavy atom. The zero-order valence-corrected chi connectivity index (χ0v) is 12.3. The number of likely N-dealkylation sites (tertiary alicyclic amines) is 1. The standard InChI is InChI=1S/C16H23N3O/c1-12(2)18-7-5-13(6-8-18)9-14-10-19-11-15(20)3-4-16(19)17-14/h3-4,10-13,20H,5-9H2,1-2H3. The van der Waals surface area contributed by atoms with E-state index in [0.717, 1.165) is 23.7 Å². The van der Waals surface area contributed by atoms with E-state index in [1.165, 1.54) is 25.9 Å². The minimum atomic E-state index is 0.284. The zero-order chi connectivity index (χ0) is 14.1. The van der Waals surface area contributed by atoms with E-state index in [9.17, 15) is 5.11 Å². The van der Waals surface area contributed by atoms with Gasteiger partial charge < -0.3 is 14.4 Å². The topological polar surface area (TPSA) is 40.8 Å². The summed E-state index contributed by atoms with van der Waals surface area (Å²) < 4.78 is 1.91. The molecule has 0 saturated carbocycles. The summed E-state index contributed by atoms with van der Waals surface area (Å²) in [5, 5.41) is 9.49. The normalized spacial score (nSPS) is 18.1. The first-order valence-corrected chi connectivity index (χ1v) is 7.52. The summed E-state index contributed by atoms with van der Waals surface area (Å²) in [6.45, 7) is 6.96. The number of fused-ring (bicyclic) bond motifs is 1. The van der Waals surface area contributed by atoms with Crippen molar-refractivity contribution in [2.75, 3.05) is 13.1 Å². The maximum atomic E-state index is 9.49. The van der Waals surface area contributed by atoms with E-state index in [1.807, 2.05) is 16.7 Å². The highest BCUT2D eigenvalue weighted by Crippen LogP contribution is 2.23. The molecule has 0 bridgehead atoms. The van der Waals surface area contributed by atoms with Crippen LogP contribution in [0.5, 0.6) is 5.75 Å². The van der Waals surface area contributed by atoms with E-state index in [4.69, 9.17) is 0 Å². The van der Waals surface area contributed by atoms with Crippen molar-refractivity contribution in [2.24, 2.45) is 5.92 Å². The molecule has 2 aromatic rings. The third kappa shape index (κ3) is 2.80. The lowest BCUT2D eigenvalue weighted by Crippen LogP contribution is -2.38. The van der Waals surface area contributed by atoms with E-state index in [1.54, 1.807) is 12.3 Å². The quantitative estimate of drug-likeness (QED) is 0.934. The van der Waals surface area contributed by atoms with E-state index in [0.29, 0.717) is 6.04 Å². The van der Waals surface area contributed by atoms with Crippen LogP contribution in [0.2, 0.25) is 0 Å². The average molecular weight is 273 g/mol. The maximum Gasteiger partial charge on any atom is 0.137 e. The summed E-state index contributed by atoms with van der Waals surface area (Å²) in [7, 11) is 0. The SMILES string of the molecule is CC(C)N1CCC(Cc2cn3cc(O)ccc3n2)CC1. The fourth-order valence-corrected chi connectivity index (χ4v) is 3.10. The number of hydrogen-bond donors (Lipinski definition) is 1. The van der Waals surface area contributed by atoms with E-state index < -0.39 is 0 Å². The Morgan fingerprint density at radius 3 is 2.70 bits per heavy atom. The highest BCUT2D eigenvalue weighted by Gasteiger charge is 2.21. The molecular formula is C16H23N3O. The van der Waals surface area contributed by atoms with Gasteiger partial charge in [-0.3, -0.25) is 0 Å². The van der Waals surface area contributed by atoms with Gasteiger partial charge in [0.05, 0.1) is 11.9 Å². The Labute approximate surface area is 120 Å². The Kier molecular flexibility index (Phi) is 3.66. The Hall–Kier alpha value is -1.55. The highest BCUT2D eigenvalue weighted by atomic mass is 16.3. The molecule has 0 amide bonds. The molecule has 0 aliphatic carbocycles. The molecular weight excluding hydrogens is 250 g/mol. The summed E-state index contributed by atoms with van der Waals surface area (Å²) in [5.41, 5.74) is 2.05. The molecule has 3 rings (SSSR count). The molecule has 3 heterocycles. The van der Waals surface area contributed by atoms with E-state index in [2.05, 4.69) is 23.7 Å². The number of aromatic hydroxyl groups is 1. The number of piperidine rings is 1. The summed E-state index contributed by atoms with van der Waals surface area (Å²) in [5.74, 6) is 1.02. The molecule has 20 heavy (non-hydrogen) atoms. The van der Waals surface area contributed by atoms with Gasteiger partial charge in [-0.05, 0) is 64.3 Å². The lowest BCUT2D eigenvalue weighted by Gasteiger charge is -2.34. The average Bonchev–Trinajstić information content (AvgIpc) is 2.80. The van der Waals surface area contributed by atoms with Crippen LogP contribution in [-0.4, -0.2) is 38.5 Å². The third-order valence-electron chi connectivity index (χ3n) is 4.36. The minimum absolute atomic E-state index is 0.284. The van der Waals surface area contributed by atoms with Gasteiger partial charge in [0.2, 0.25) is 0 Å². The third-order valence-corrected chi connectivity index (χ3v) is 4.36. The molecule has 1 aliphatic heterocycles. The Balaban J connectivity index is 1.65. The van der Waals surface area contributed by atoms with Crippen LogP contribution in [0.25, 0.3) is 5.65 Å². The monoisotopic (exact) mass is 273 g/mol. The van der Waals surface area contributed by atoms with Crippen molar-refractivity contribution in [3.05, 3.63) is 30.2 Å². The second kappa shape index (κ2) is 5.44. The fourth-order valence-electron chi connectivity index (χ4n) is 3.10. The van der Waals surface area contributed by atoms with Gasteiger partial charge in [-0.2, -0.15) is 0 Å². The van der Waals surface area contributed by atoms with Gasteiger partial charge in [0, 0.05) is 12.2 Å². The van der Waals surface area contributed by atoms with Crippen LogP contribution in [0.3, 0.4) is 0 Å². The lowest BCUT2D eigenvalue weighted by molar-refractivity contribution is 0.149. The molecule has 0 radical (unpaired) electrons. The predicted octanol–water partition coefficient (Wildman–Crippen LogP) is 2.70. The first-order chi connectivity index (χ1) is 9.61. The lowest BCUT2D eigenvalue weighted by atomic mass is 9.92. The van der Waals surface area contributed by atoms with Gasteiger partial charge in [0.25, 0.3) is 0 Å². The van der Waals surface area contributed by atoms with Crippen LogP contribution in [-0.2, 0) is 6.42 Å². The first kappa shape index (κ1) is 13.4. The van der Waals surface area contributed by atoms with Crippen molar-refractivity contribution < 1.29 is 5.11 Å². The summed E-state index contributed by atoms with van der Waals surface area (Å²) in [6.07, 6.45) is 7.33. The fraction of sp³-hybridized carbons (Fsp3) is 0.562. The minimum Gasteiger partial charge on any atom is -0.506 e. The Bertz CT molecular complexity index is 582. The molecule has 1 fully saturated rings. The van der Waals surface area contributed by atoms with E-state index >= 15 is 0 Å².